The molecule has 0 aromatic heterocycles. The molecule has 0 aliphatic carbocycles. The number of guanidine groups is 1. The molecule has 0 fully saturated rings. The first-order valence-electron chi connectivity index (χ1n) is 5.91. The van der Waals surface area contributed by atoms with Crippen LogP contribution in [0.1, 0.15) is 26.3 Å². The zero-order valence-corrected chi connectivity index (χ0v) is 12.3. The van der Waals surface area contributed by atoms with E-state index in [1.807, 2.05) is 18.2 Å². The molecule has 3 nitrogen and oxygen atoms in total. The van der Waals surface area contributed by atoms with Crippen molar-refractivity contribution in [3.05, 3.63) is 33.8 Å². The van der Waals surface area contributed by atoms with Crippen LogP contribution in [0.5, 0.6) is 0 Å². The van der Waals surface area contributed by atoms with E-state index < -0.39 is 0 Å². The van der Waals surface area contributed by atoms with Crippen molar-refractivity contribution in [3.8, 4) is 0 Å². The van der Waals surface area contributed by atoms with Crippen molar-refractivity contribution in [2.24, 2.45) is 10.7 Å². The van der Waals surface area contributed by atoms with E-state index >= 15 is 0 Å². The molecular formula is C13H17Cl2N3. The van der Waals surface area contributed by atoms with Crippen LogP contribution in [0.25, 0.3) is 0 Å². The minimum atomic E-state index is -0.257. The highest BCUT2D eigenvalue weighted by Crippen LogP contribution is 2.36. The first-order valence-corrected chi connectivity index (χ1v) is 6.66. The summed E-state index contributed by atoms with van der Waals surface area (Å²) in [7, 11) is 0. The maximum atomic E-state index is 6.10. The quantitative estimate of drug-likeness (QED) is 0.906. The lowest BCUT2D eigenvalue weighted by molar-refractivity contribution is 0.185. The number of aliphatic imine (C=N–C) groups is 1. The second-order valence-corrected chi connectivity index (χ2v) is 5.86. The molecule has 2 rings (SSSR count). The highest BCUT2D eigenvalue weighted by atomic mass is 35.5. The van der Waals surface area contributed by atoms with E-state index in [0.717, 1.165) is 5.56 Å². The summed E-state index contributed by atoms with van der Waals surface area (Å²) in [4.78, 5) is 6.48. The molecule has 18 heavy (non-hydrogen) atoms. The van der Waals surface area contributed by atoms with Crippen LogP contribution in [0.15, 0.2) is 23.2 Å². The highest BCUT2D eigenvalue weighted by molar-refractivity contribution is 6.42. The molecule has 5 heteroatoms. The highest BCUT2D eigenvalue weighted by Gasteiger charge is 2.41. The fourth-order valence-corrected chi connectivity index (χ4v) is 2.83. The Balaban J connectivity index is 2.45. The smallest absolute Gasteiger partial charge is 0.192 e. The Labute approximate surface area is 118 Å². The molecule has 1 heterocycles. The van der Waals surface area contributed by atoms with Crippen LogP contribution < -0.4 is 5.73 Å². The third-order valence-electron chi connectivity index (χ3n) is 3.39. The molecule has 0 saturated carbocycles. The molecule has 0 spiro atoms. The van der Waals surface area contributed by atoms with Crippen LogP contribution in [-0.4, -0.2) is 23.4 Å². The molecule has 0 saturated heterocycles. The van der Waals surface area contributed by atoms with Gasteiger partial charge in [-0.05, 0) is 38.5 Å². The van der Waals surface area contributed by atoms with E-state index in [1.54, 1.807) is 0 Å². The van der Waals surface area contributed by atoms with Crippen molar-refractivity contribution >= 4 is 29.2 Å². The van der Waals surface area contributed by atoms with Crippen molar-refractivity contribution in [1.29, 1.82) is 0 Å². The number of nitrogens with zero attached hydrogens (tertiary/aromatic N) is 2. The lowest BCUT2D eigenvalue weighted by atomic mass is 9.90. The summed E-state index contributed by atoms with van der Waals surface area (Å²) >= 11 is 12.1. The van der Waals surface area contributed by atoms with Crippen molar-refractivity contribution in [2.75, 3.05) is 6.54 Å². The Morgan fingerprint density at radius 1 is 1.33 bits per heavy atom. The maximum Gasteiger partial charge on any atom is 0.192 e. The average molecular weight is 286 g/mol. The summed E-state index contributed by atoms with van der Waals surface area (Å²) < 4.78 is 0. The Bertz CT molecular complexity index is 499. The molecule has 1 aliphatic heterocycles. The van der Waals surface area contributed by atoms with Gasteiger partial charge in [0.25, 0.3) is 0 Å². The van der Waals surface area contributed by atoms with E-state index in [1.165, 1.54) is 0 Å². The molecule has 0 amide bonds. The fraction of sp³-hybridized carbons (Fsp3) is 0.462. The maximum absolute atomic E-state index is 6.10. The minimum Gasteiger partial charge on any atom is -0.370 e. The fourth-order valence-electron chi connectivity index (χ4n) is 2.54. The summed E-state index contributed by atoms with van der Waals surface area (Å²) in [6.45, 7) is 6.96. The van der Waals surface area contributed by atoms with Gasteiger partial charge >= 0.3 is 0 Å². The molecule has 1 aliphatic rings. The van der Waals surface area contributed by atoms with Gasteiger partial charge in [0.15, 0.2) is 5.96 Å². The van der Waals surface area contributed by atoms with E-state index in [2.05, 4.69) is 30.7 Å². The monoisotopic (exact) mass is 285 g/mol. The lowest BCUT2D eigenvalue weighted by Gasteiger charge is -2.39. The van der Waals surface area contributed by atoms with Crippen LogP contribution in [-0.2, 0) is 5.54 Å². The van der Waals surface area contributed by atoms with Gasteiger partial charge in [0.2, 0.25) is 0 Å². The number of hydrogen-bond donors (Lipinski definition) is 1. The molecule has 2 N–H and O–H groups in total. The van der Waals surface area contributed by atoms with Gasteiger partial charge in [-0.2, -0.15) is 0 Å². The van der Waals surface area contributed by atoms with Crippen LogP contribution >= 0.6 is 23.2 Å². The lowest BCUT2D eigenvalue weighted by Crippen LogP contribution is -2.51. The topological polar surface area (TPSA) is 41.6 Å². The Morgan fingerprint density at radius 2 is 2.00 bits per heavy atom. The van der Waals surface area contributed by atoms with Crippen LogP contribution in [0, 0.1) is 0 Å². The number of benzene rings is 1. The molecule has 98 valence electrons. The summed E-state index contributed by atoms with van der Waals surface area (Å²) in [5.74, 6) is 0.582. The zero-order valence-electron chi connectivity index (χ0n) is 10.7. The Morgan fingerprint density at radius 3 is 2.56 bits per heavy atom. The van der Waals surface area contributed by atoms with Gasteiger partial charge in [0.1, 0.15) is 0 Å². The summed E-state index contributed by atoms with van der Waals surface area (Å²) in [5, 5.41) is 1.12. The SMILES string of the molecule is CC(C)N1C(N)=NCC1(C)c1ccc(Cl)c(Cl)c1. The van der Waals surface area contributed by atoms with E-state index in [4.69, 9.17) is 28.9 Å². The van der Waals surface area contributed by atoms with Crippen molar-refractivity contribution in [3.63, 3.8) is 0 Å². The zero-order chi connectivity index (χ0) is 13.5. The molecule has 0 radical (unpaired) electrons. The van der Waals surface area contributed by atoms with Gasteiger partial charge < -0.3 is 10.6 Å². The largest absolute Gasteiger partial charge is 0.370 e. The first kappa shape index (κ1) is 13.5. The Kier molecular flexibility index (Phi) is 3.47. The third kappa shape index (κ3) is 2.06. The summed E-state index contributed by atoms with van der Waals surface area (Å²) in [6.07, 6.45) is 0. The molecular weight excluding hydrogens is 269 g/mol. The Hall–Kier alpha value is -0.930. The van der Waals surface area contributed by atoms with Crippen LogP contribution in [0.3, 0.4) is 0 Å². The molecule has 0 bridgehead atoms. The summed E-state index contributed by atoms with van der Waals surface area (Å²) in [6, 6.07) is 5.97. The predicted octanol–water partition coefficient (Wildman–Crippen LogP) is 3.25. The molecule has 1 aromatic carbocycles. The second-order valence-electron chi connectivity index (χ2n) is 5.04. The number of hydrogen-bond acceptors (Lipinski definition) is 3. The minimum absolute atomic E-state index is 0.257. The second kappa shape index (κ2) is 4.63. The molecule has 1 atom stereocenters. The van der Waals surface area contributed by atoms with Crippen molar-refractivity contribution in [1.82, 2.24) is 4.90 Å². The van der Waals surface area contributed by atoms with Crippen molar-refractivity contribution in [2.45, 2.75) is 32.4 Å². The van der Waals surface area contributed by atoms with E-state index in [-0.39, 0.29) is 11.6 Å². The van der Waals surface area contributed by atoms with Crippen molar-refractivity contribution < 1.29 is 0 Å². The van der Waals surface area contributed by atoms with Gasteiger partial charge in [-0.25, -0.2) is 0 Å². The number of rotatable bonds is 2. The van der Waals surface area contributed by atoms with Gasteiger partial charge in [-0.1, -0.05) is 29.3 Å². The van der Waals surface area contributed by atoms with E-state index in [0.29, 0.717) is 22.5 Å². The standard InChI is InChI=1S/C13H17Cl2N3/c1-8(2)18-12(16)17-7-13(18,3)9-4-5-10(14)11(15)6-9/h4-6,8H,7H2,1-3H3,(H2,16,17). The predicted molar refractivity (Wildman–Crippen MR) is 77.3 cm³/mol. The van der Waals surface area contributed by atoms with Gasteiger partial charge in [-0.3, -0.25) is 4.99 Å². The summed E-state index contributed by atoms with van der Waals surface area (Å²) in [5.41, 5.74) is 6.80. The van der Waals surface area contributed by atoms with E-state index in [9.17, 15) is 0 Å². The van der Waals surface area contributed by atoms with Crippen LogP contribution in [0.4, 0.5) is 0 Å². The van der Waals surface area contributed by atoms with Gasteiger partial charge in [0.05, 0.1) is 22.1 Å². The number of nitrogens with two attached hydrogens (primary N) is 1. The van der Waals surface area contributed by atoms with Gasteiger partial charge in [0, 0.05) is 6.04 Å². The average Bonchev–Trinajstić information content (AvgIpc) is 2.59. The first-order chi connectivity index (χ1) is 8.36. The normalized spacial score (nSPS) is 23.7. The number of halogens is 2. The molecule has 1 unspecified atom stereocenters. The van der Waals surface area contributed by atoms with Gasteiger partial charge in [-0.15, -0.1) is 0 Å². The van der Waals surface area contributed by atoms with Crippen LogP contribution in [0.2, 0.25) is 10.0 Å². The third-order valence-corrected chi connectivity index (χ3v) is 4.12. The molecule has 1 aromatic rings.